The third-order valence-electron chi connectivity index (χ3n) is 4.23. The lowest BCUT2D eigenvalue weighted by molar-refractivity contribution is 0.156. The number of rotatable bonds is 4. The number of likely N-dealkylation sites (N-methyl/N-ethyl adjacent to an activating group) is 1. The van der Waals surface area contributed by atoms with Crippen LogP contribution in [0.25, 0.3) is 0 Å². The van der Waals surface area contributed by atoms with Gasteiger partial charge in [0.05, 0.1) is 0 Å². The molecule has 0 saturated heterocycles. The number of carbonyl (C=O) groups is 1. The van der Waals surface area contributed by atoms with E-state index in [1.54, 1.807) is 24.3 Å². The normalized spacial score (nSPS) is 17.1. The van der Waals surface area contributed by atoms with Crippen molar-refractivity contribution in [2.45, 2.75) is 31.2 Å². The molecule has 1 saturated carbocycles. The van der Waals surface area contributed by atoms with E-state index >= 15 is 0 Å². The molecule has 0 bridgehead atoms. The van der Waals surface area contributed by atoms with E-state index in [1.165, 1.54) is 12.8 Å². The minimum absolute atomic E-state index is 0.110. The molecule has 4 N–H and O–H groups in total. The van der Waals surface area contributed by atoms with Crippen LogP contribution in [-0.4, -0.2) is 37.1 Å². The van der Waals surface area contributed by atoms with Gasteiger partial charge < -0.3 is 21.3 Å². The molecule has 1 aromatic rings. The molecule has 1 aliphatic rings. The van der Waals surface area contributed by atoms with Crippen molar-refractivity contribution in [3.8, 4) is 0 Å². The minimum Gasteiger partial charge on any atom is -0.399 e. The largest absolute Gasteiger partial charge is 0.399 e. The molecule has 0 atom stereocenters. The quantitative estimate of drug-likeness (QED) is 0.739. The molecule has 0 radical (unpaired) electrons. The van der Waals surface area contributed by atoms with Gasteiger partial charge in [-0.1, -0.05) is 12.8 Å². The Morgan fingerprint density at radius 3 is 2.40 bits per heavy atom. The Bertz CT molecular complexity index is 449. The second-order valence-electron chi connectivity index (χ2n) is 5.76. The van der Waals surface area contributed by atoms with Crippen LogP contribution >= 0.6 is 0 Å². The summed E-state index contributed by atoms with van der Waals surface area (Å²) in [6.07, 6.45) is 4.75. The number of nitrogens with two attached hydrogens (primary N) is 1. The van der Waals surface area contributed by atoms with Gasteiger partial charge in [-0.15, -0.1) is 0 Å². The molecule has 0 heterocycles. The predicted molar refractivity (Wildman–Crippen MR) is 82.8 cm³/mol. The van der Waals surface area contributed by atoms with E-state index in [2.05, 4.69) is 29.6 Å². The van der Waals surface area contributed by atoms with Gasteiger partial charge in [0.15, 0.2) is 0 Å². The summed E-state index contributed by atoms with van der Waals surface area (Å²) in [5.41, 5.74) is 7.17. The highest BCUT2D eigenvalue weighted by Gasteiger charge is 2.36. The highest BCUT2D eigenvalue weighted by molar-refractivity contribution is 5.89. The van der Waals surface area contributed by atoms with Crippen molar-refractivity contribution in [1.82, 2.24) is 10.2 Å². The van der Waals surface area contributed by atoms with Crippen LogP contribution in [0, 0.1) is 0 Å². The highest BCUT2D eigenvalue weighted by atomic mass is 16.2. The first kappa shape index (κ1) is 14.7. The van der Waals surface area contributed by atoms with Gasteiger partial charge in [0.2, 0.25) is 0 Å². The molecule has 110 valence electrons. The molecule has 1 aromatic carbocycles. The lowest BCUT2D eigenvalue weighted by atomic mass is 9.96. The molecule has 0 aliphatic heterocycles. The van der Waals surface area contributed by atoms with Crippen molar-refractivity contribution in [2.75, 3.05) is 31.7 Å². The molecule has 2 rings (SSSR count). The molecule has 1 aliphatic carbocycles. The van der Waals surface area contributed by atoms with Gasteiger partial charge in [0, 0.05) is 23.5 Å². The van der Waals surface area contributed by atoms with Gasteiger partial charge in [-0.3, -0.25) is 0 Å². The van der Waals surface area contributed by atoms with Gasteiger partial charge in [-0.25, -0.2) is 4.79 Å². The van der Waals surface area contributed by atoms with Crippen LogP contribution < -0.4 is 16.4 Å². The Hall–Kier alpha value is -1.75. The SMILES string of the molecule is CN(C)C1(CNC(=O)Nc2ccc(N)cc2)CCCC1. The smallest absolute Gasteiger partial charge is 0.319 e. The maximum atomic E-state index is 11.9. The van der Waals surface area contributed by atoms with E-state index in [0.29, 0.717) is 12.2 Å². The van der Waals surface area contributed by atoms with Crippen molar-refractivity contribution < 1.29 is 4.79 Å². The molecule has 20 heavy (non-hydrogen) atoms. The molecule has 0 aromatic heterocycles. The zero-order chi connectivity index (χ0) is 14.6. The second kappa shape index (κ2) is 6.13. The average molecular weight is 276 g/mol. The zero-order valence-corrected chi connectivity index (χ0v) is 12.3. The first-order chi connectivity index (χ1) is 9.52. The average Bonchev–Trinajstić information content (AvgIpc) is 2.89. The molecular weight excluding hydrogens is 252 g/mol. The number of amides is 2. The fraction of sp³-hybridized carbons (Fsp3) is 0.533. The van der Waals surface area contributed by atoms with Crippen LogP contribution in [0.2, 0.25) is 0 Å². The monoisotopic (exact) mass is 276 g/mol. The Morgan fingerprint density at radius 1 is 1.25 bits per heavy atom. The Balaban J connectivity index is 1.87. The Morgan fingerprint density at radius 2 is 1.85 bits per heavy atom. The summed E-state index contributed by atoms with van der Waals surface area (Å²) < 4.78 is 0. The number of hydrogen-bond acceptors (Lipinski definition) is 3. The van der Waals surface area contributed by atoms with Crippen LogP contribution in [0.1, 0.15) is 25.7 Å². The van der Waals surface area contributed by atoms with E-state index in [0.717, 1.165) is 18.5 Å². The summed E-state index contributed by atoms with van der Waals surface area (Å²) in [6, 6.07) is 6.98. The van der Waals surface area contributed by atoms with Gasteiger partial charge in [0.1, 0.15) is 0 Å². The van der Waals surface area contributed by atoms with Crippen molar-refractivity contribution in [3.63, 3.8) is 0 Å². The lowest BCUT2D eigenvalue weighted by Gasteiger charge is -2.36. The number of hydrogen-bond donors (Lipinski definition) is 3. The Kier molecular flexibility index (Phi) is 4.49. The van der Waals surface area contributed by atoms with Crippen molar-refractivity contribution in [2.24, 2.45) is 0 Å². The van der Waals surface area contributed by atoms with Gasteiger partial charge in [0.25, 0.3) is 0 Å². The molecule has 5 heteroatoms. The van der Waals surface area contributed by atoms with Gasteiger partial charge in [-0.05, 0) is 51.2 Å². The van der Waals surface area contributed by atoms with Crippen molar-refractivity contribution in [3.05, 3.63) is 24.3 Å². The van der Waals surface area contributed by atoms with Crippen LogP contribution in [0.15, 0.2) is 24.3 Å². The van der Waals surface area contributed by atoms with E-state index in [-0.39, 0.29) is 11.6 Å². The lowest BCUT2D eigenvalue weighted by Crippen LogP contribution is -2.51. The van der Waals surface area contributed by atoms with E-state index < -0.39 is 0 Å². The Labute approximate surface area is 120 Å². The number of benzene rings is 1. The molecule has 1 fully saturated rings. The summed E-state index contributed by atoms with van der Waals surface area (Å²) in [7, 11) is 4.18. The van der Waals surface area contributed by atoms with Crippen molar-refractivity contribution >= 4 is 17.4 Å². The third kappa shape index (κ3) is 3.42. The molecule has 0 unspecified atom stereocenters. The number of carbonyl (C=O) groups excluding carboxylic acids is 1. The molecule has 2 amide bonds. The molecule has 5 nitrogen and oxygen atoms in total. The molecular formula is C15H24N4O. The van der Waals surface area contributed by atoms with E-state index in [1.807, 2.05) is 0 Å². The minimum atomic E-state index is -0.164. The number of nitrogens with zero attached hydrogens (tertiary/aromatic N) is 1. The zero-order valence-electron chi connectivity index (χ0n) is 12.3. The third-order valence-corrected chi connectivity index (χ3v) is 4.23. The number of urea groups is 1. The van der Waals surface area contributed by atoms with Gasteiger partial charge >= 0.3 is 6.03 Å². The summed E-state index contributed by atoms with van der Waals surface area (Å²) in [4.78, 5) is 14.2. The molecule has 0 spiro atoms. The summed E-state index contributed by atoms with van der Waals surface area (Å²) in [5.74, 6) is 0. The maximum Gasteiger partial charge on any atom is 0.319 e. The maximum absolute atomic E-state index is 11.9. The van der Waals surface area contributed by atoms with Crippen LogP contribution in [0.4, 0.5) is 16.2 Å². The topological polar surface area (TPSA) is 70.4 Å². The van der Waals surface area contributed by atoms with Crippen LogP contribution in [0.3, 0.4) is 0 Å². The van der Waals surface area contributed by atoms with E-state index in [9.17, 15) is 4.79 Å². The van der Waals surface area contributed by atoms with E-state index in [4.69, 9.17) is 5.73 Å². The van der Waals surface area contributed by atoms with Crippen molar-refractivity contribution in [1.29, 1.82) is 0 Å². The summed E-state index contributed by atoms with van der Waals surface area (Å²) >= 11 is 0. The van der Waals surface area contributed by atoms with Gasteiger partial charge in [-0.2, -0.15) is 0 Å². The number of nitrogen functional groups attached to an aromatic ring is 1. The van der Waals surface area contributed by atoms with Crippen LogP contribution in [-0.2, 0) is 0 Å². The highest BCUT2D eigenvalue weighted by Crippen LogP contribution is 2.33. The van der Waals surface area contributed by atoms with Crippen LogP contribution in [0.5, 0.6) is 0 Å². The fourth-order valence-electron chi connectivity index (χ4n) is 2.80. The fourth-order valence-corrected chi connectivity index (χ4v) is 2.80. The summed E-state index contributed by atoms with van der Waals surface area (Å²) in [6.45, 7) is 0.681. The first-order valence-corrected chi connectivity index (χ1v) is 7.10. The predicted octanol–water partition coefficient (Wildman–Crippen LogP) is 2.26. The standard InChI is InChI=1S/C15H24N4O/c1-19(2)15(9-3-4-10-15)11-17-14(20)18-13-7-5-12(16)6-8-13/h5-8H,3-4,9-11,16H2,1-2H3,(H2,17,18,20). The summed E-state index contributed by atoms with van der Waals surface area (Å²) in [5, 5.41) is 5.81. The first-order valence-electron chi connectivity index (χ1n) is 7.10. The number of nitrogens with one attached hydrogen (secondary N) is 2. The number of anilines is 2. The second-order valence-corrected chi connectivity index (χ2v) is 5.76.